The van der Waals surface area contributed by atoms with Crippen LogP contribution in [0.25, 0.3) is 0 Å². The summed E-state index contributed by atoms with van der Waals surface area (Å²) in [6.45, 7) is 3.75. The third-order valence-corrected chi connectivity index (χ3v) is 1.33. The Labute approximate surface area is 85.4 Å². The van der Waals surface area contributed by atoms with Crippen molar-refractivity contribution in [1.82, 2.24) is 0 Å². The Morgan fingerprint density at radius 3 is 2.14 bits per heavy atom. The topological polar surface area (TPSA) is 77.8 Å². The molecule has 0 bridgehead atoms. The van der Waals surface area contributed by atoms with E-state index in [4.69, 9.17) is 15.1 Å². The van der Waals surface area contributed by atoms with Gasteiger partial charge in [0.2, 0.25) is 0 Å². The van der Waals surface area contributed by atoms with Gasteiger partial charge in [0.25, 0.3) is 0 Å². The van der Waals surface area contributed by atoms with Gasteiger partial charge in [-0.05, 0) is 25.8 Å². The highest BCUT2D eigenvalue weighted by Gasteiger charge is 1.92. The molecule has 0 saturated heterocycles. The van der Waals surface area contributed by atoms with Crippen molar-refractivity contribution in [2.45, 2.75) is 39.5 Å². The van der Waals surface area contributed by atoms with E-state index in [2.05, 4.69) is 6.92 Å². The SMILES string of the molecule is CCCCCC=CC(C)=O.OB(O)O. The second kappa shape index (κ2) is 12.4. The molecule has 3 N–H and O–H groups in total. The molecule has 0 aromatic rings. The molecule has 0 rings (SSSR count). The van der Waals surface area contributed by atoms with E-state index in [1.807, 2.05) is 6.08 Å². The van der Waals surface area contributed by atoms with E-state index in [0.717, 1.165) is 6.42 Å². The Morgan fingerprint density at radius 1 is 1.29 bits per heavy atom. The van der Waals surface area contributed by atoms with Crippen LogP contribution in [0.5, 0.6) is 0 Å². The van der Waals surface area contributed by atoms with Gasteiger partial charge in [0.15, 0.2) is 5.78 Å². The molecule has 0 radical (unpaired) electrons. The first-order valence-electron chi connectivity index (χ1n) is 4.72. The highest BCUT2D eigenvalue weighted by Crippen LogP contribution is 1.99. The molecule has 0 fully saturated rings. The molecule has 0 aliphatic rings. The van der Waals surface area contributed by atoms with Gasteiger partial charge in [-0.1, -0.05) is 25.8 Å². The maximum atomic E-state index is 10.4. The second-order valence-electron chi connectivity index (χ2n) is 2.86. The van der Waals surface area contributed by atoms with E-state index >= 15 is 0 Å². The van der Waals surface area contributed by atoms with Gasteiger partial charge in [0.05, 0.1) is 0 Å². The zero-order valence-corrected chi connectivity index (χ0v) is 8.81. The Hall–Kier alpha value is -0.645. The number of ketones is 1. The predicted octanol–water partition coefficient (Wildman–Crippen LogP) is 0.660. The normalized spacial score (nSPS) is 9.50. The fraction of sp³-hybridized carbons (Fsp3) is 0.667. The monoisotopic (exact) mass is 202 g/mol. The average molecular weight is 202 g/mol. The van der Waals surface area contributed by atoms with Crippen LogP contribution >= 0.6 is 0 Å². The number of carbonyl (C=O) groups excluding carboxylic acids is 1. The molecule has 0 aromatic heterocycles. The molecule has 0 spiro atoms. The first kappa shape index (κ1) is 15.8. The van der Waals surface area contributed by atoms with E-state index in [1.54, 1.807) is 13.0 Å². The van der Waals surface area contributed by atoms with Crippen LogP contribution in [0.2, 0.25) is 0 Å². The molecule has 0 heterocycles. The summed E-state index contributed by atoms with van der Waals surface area (Å²) in [7, 11) is -2.17. The lowest BCUT2D eigenvalue weighted by atomic mass is 10.2. The number of rotatable bonds is 5. The van der Waals surface area contributed by atoms with Gasteiger partial charge in [0, 0.05) is 0 Å². The fourth-order valence-electron chi connectivity index (χ4n) is 0.761. The molecule has 4 nitrogen and oxygen atoms in total. The summed E-state index contributed by atoms with van der Waals surface area (Å²) < 4.78 is 0. The number of hydrogen-bond donors (Lipinski definition) is 3. The standard InChI is InChI=1S/C9H16O.BH3O3/c1-3-4-5-6-7-8-9(2)10;2-1(3)4/h7-8H,3-6H2,1-2H3;2-4H. The quantitative estimate of drug-likeness (QED) is 0.347. The zero-order chi connectivity index (χ0) is 11.4. The summed E-state index contributed by atoms with van der Waals surface area (Å²) >= 11 is 0. The molecule has 0 aliphatic carbocycles. The van der Waals surface area contributed by atoms with E-state index < -0.39 is 7.32 Å². The highest BCUT2D eigenvalue weighted by molar-refractivity contribution is 6.30. The Kier molecular flexibility index (Phi) is 14.0. The maximum Gasteiger partial charge on any atom is 0.631 e. The van der Waals surface area contributed by atoms with Gasteiger partial charge < -0.3 is 15.1 Å². The Balaban J connectivity index is 0. The van der Waals surface area contributed by atoms with Crippen molar-refractivity contribution >= 4 is 13.1 Å². The number of allylic oxidation sites excluding steroid dienone is 2. The fourth-order valence-corrected chi connectivity index (χ4v) is 0.761. The summed E-state index contributed by atoms with van der Waals surface area (Å²) in [5, 5.41) is 21.5. The van der Waals surface area contributed by atoms with Gasteiger partial charge in [-0.3, -0.25) is 4.79 Å². The summed E-state index contributed by atoms with van der Waals surface area (Å²) in [5.41, 5.74) is 0. The van der Waals surface area contributed by atoms with E-state index in [-0.39, 0.29) is 5.78 Å². The molecule has 0 aromatic carbocycles. The molecule has 0 saturated carbocycles. The van der Waals surface area contributed by atoms with Crippen LogP contribution in [0, 0.1) is 0 Å². The van der Waals surface area contributed by atoms with Crippen molar-refractivity contribution in [3.05, 3.63) is 12.2 Å². The predicted molar refractivity (Wildman–Crippen MR) is 56.4 cm³/mol. The highest BCUT2D eigenvalue weighted by atomic mass is 16.5. The summed E-state index contributed by atoms with van der Waals surface area (Å²) in [5.74, 6) is 0.150. The lowest BCUT2D eigenvalue weighted by Crippen LogP contribution is -2.07. The molecule has 5 heteroatoms. The van der Waals surface area contributed by atoms with Crippen molar-refractivity contribution in [1.29, 1.82) is 0 Å². The van der Waals surface area contributed by atoms with Crippen molar-refractivity contribution < 1.29 is 19.9 Å². The van der Waals surface area contributed by atoms with Crippen LogP contribution in [0.15, 0.2) is 12.2 Å². The van der Waals surface area contributed by atoms with Gasteiger partial charge in [-0.25, -0.2) is 0 Å². The molecule has 0 atom stereocenters. The first-order chi connectivity index (χ1) is 6.50. The lowest BCUT2D eigenvalue weighted by Gasteiger charge is -1.89. The summed E-state index contributed by atoms with van der Waals surface area (Å²) in [4.78, 5) is 10.4. The van der Waals surface area contributed by atoms with Crippen molar-refractivity contribution in [3.63, 3.8) is 0 Å². The number of carbonyl (C=O) groups is 1. The Morgan fingerprint density at radius 2 is 1.79 bits per heavy atom. The minimum absolute atomic E-state index is 0.150. The van der Waals surface area contributed by atoms with E-state index in [0.29, 0.717) is 0 Å². The molecule has 0 unspecified atom stereocenters. The van der Waals surface area contributed by atoms with Gasteiger partial charge >= 0.3 is 7.32 Å². The smallest absolute Gasteiger partial charge is 0.402 e. The second-order valence-corrected chi connectivity index (χ2v) is 2.86. The minimum Gasteiger partial charge on any atom is -0.402 e. The number of unbranched alkanes of at least 4 members (excludes halogenated alkanes) is 3. The summed E-state index contributed by atoms with van der Waals surface area (Å²) in [6, 6.07) is 0. The van der Waals surface area contributed by atoms with Crippen LogP contribution in [0.1, 0.15) is 39.5 Å². The van der Waals surface area contributed by atoms with Crippen LogP contribution in [0.3, 0.4) is 0 Å². The molecule has 82 valence electrons. The first-order valence-corrected chi connectivity index (χ1v) is 4.72. The van der Waals surface area contributed by atoms with E-state index in [1.165, 1.54) is 19.3 Å². The molecule has 0 aliphatic heterocycles. The third-order valence-electron chi connectivity index (χ3n) is 1.33. The average Bonchev–Trinajstić information content (AvgIpc) is 2.02. The van der Waals surface area contributed by atoms with Gasteiger partial charge in [-0.2, -0.15) is 0 Å². The van der Waals surface area contributed by atoms with Gasteiger partial charge in [0.1, 0.15) is 0 Å². The molecule has 14 heavy (non-hydrogen) atoms. The molecular formula is C9H19BO4. The molecule has 0 amide bonds. The van der Waals surface area contributed by atoms with E-state index in [9.17, 15) is 4.79 Å². The van der Waals surface area contributed by atoms with Gasteiger partial charge in [-0.15, -0.1) is 0 Å². The minimum atomic E-state index is -2.17. The van der Waals surface area contributed by atoms with Crippen LogP contribution < -0.4 is 0 Å². The van der Waals surface area contributed by atoms with Crippen molar-refractivity contribution in [2.75, 3.05) is 0 Å². The van der Waals surface area contributed by atoms with Crippen molar-refractivity contribution in [2.24, 2.45) is 0 Å². The number of hydrogen-bond acceptors (Lipinski definition) is 4. The summed E-state index contributed by atoms with van der Waals surface area (Å²) in [6.07, 6.45) is 8.37. The lowest BCUT2D eigenvalue weighted by molar-refractivity contribution is -0.112. The van der Waals surface area contributed by atoms with Crippen LogP contribution in [0.4, 0.5) is 0 Å². The van der Waals surface area contributed by atoms with Crippen LogP contribution in [-0.2, 0) is 4.79 Å². The zero-order valence-electron chi connectivity index (χ0n) is 8.81. The van der Waals surface area contributed by atoms with Crippen molar-refractivity contribution in [3.8, 4) is 0 Å². The Bertz CT molecular complexity index is 154. The maximum absolute atomic E-state index is 10.4. The molecular weight excluding hydrogens is 183 g/mol. The van der Waals surface area contributed by atoms with Crippen LogP contribution in [-0.4, -0.2) is 28.2 Å². The largest absolute Gasteiger partial charge is 0.631 e. The third kappa shape index (κ3) is 30.1.